The summed E-state index contributed by atoms with van der Waals surface area (Å²) in [5.74, 6) is 1.95. The predicted molar refractivity (Wildman–Crippen MR) is 144 cm³/mol. The molecule has 10 heteroatoms. The number of H-pyrrole nitrogens is 1. The lowest BCUT2D eigenvalue weighted by Gasteiger charge is -2.46. The highest BCUT2D eigenvalue weighted by molar-refractivity contribution is 7.88. The minimum atomic E-state index is -3.34. The van der Waals surface area contributed by atoms with E-state index in [-0.39, 0.29) is 18.9 Å². The van der Waals surface area contributed by atoms with Gasteiger partial charge in [0.05, 0.1) is 18.2 Å². The quantitative estimate of drug-likeness (QED) is 0.399. The fourth-order valence-electron chi connectivity index (χ4n) is 6.00. The zero-order valence-electron chi connectivity index (χ0n) is 21.6. The molecule has 2 aliphatic carbocycles. The van der Waals surface area contributed by atoms with E-state index in [0.29, 0.717) is 23.0 Å². The van der Waals surface area contributed by atoms with Crippen molar-refractivity contribution in [3.63, 3.8) is 0 Å². The standard InChI is InChI=1S/C27H32N6O3S.H2/c1-17-12-27(13-17,26-30-28-16-31(26)2)19-6-5-7-21(10-19)33-15-23(18-8-9-18)22-11-20(29-24(22)25(33)34)14-32(3)37(4,35)36;/h5-7,10-11,15-18,29H,8-9,12-14H2,1-4H3;1H. The Morgan fingerprint density at radius 2 is 2.00 bits per heavy atom. The summed E-state index contributed by atoms with van der Waals surface area (Å²) in [6.45, 7) is 2.44. The summed E-state index contributed by atoms with van der Waals surface area (Å²) in [6.07, 6.45) is 9.05. The van der Waals surface area contributed by atoms with Crippen molar-refractivity contribution < 1.29 is 9.84 Å². The second-order valence-corrected chi connectivity index (χ2v) is 13.1. The van der Waals surface area contributed by atoms with Crippen LogP contribution in [0.3, 0.4) is 0 Å². The molecule has 0 atom stereocenters. The zero-order valence-corrected chi connectivity index (χ0v) is 22.4. The second kappa shape index (κ2) is 8.39. The average molecular weight is 523 g/mol. The largest absolute Gasteiger partial charge is 0.353 e. The molecule has 37 heavy (non-hydrogen) atoms. The summed E-state index contributed by atoms with van der Waals surface area (Å²) in [5.41, 5.74) is 3.95. The number of benzene rings is 1. The second-order valence-electron chi connectivity index (χ2n) is 11.0. The fraction of sp³-hybridized carbons (Fsp3) is 0.444. The third-order valence-electron chi connectivity index (χ3n) is 8.07. The lowest BCUT2D eigenvalue weighted by Crippen LogP contribution is -2.43. The van der Waals surface area contributed by atoms with E-state index in [2.05, 4.69) is 34.2 Å². The topological polar surface area (TPSA) is 106 Å². The Labute approximate surface area is 217 Å². The van der Waals surface area contributed by atoms with E-state index in [9.17, 15) is 13.2 Å². The number of rotatable bonds is 7. The van der Waals surface area contributed by atoms with Gasteiger partial charge in [0, 0.05) is 38.5 Å². The summed E-state index contributed by atoms with van der Waals surface area (Å²) < 4.78 is 28.9. The van der Waals surface area contributed by atoms with E-state index in [1.54, 1.807) is 17.9 Å². The number of aromatic nitrogens is 5. The first-order chi connectivity index (χ1) is 17.6. The number of aryl methyl sites for hydroxylation is 1. The summed E-state index contributed by atoms with van der Waals surface area (Å²) in [5, 5.41) is 9.49. The van der Waals surface area contributed by atoms with Gasteiger partial charge in [-0.25, -0.2) is 8.42 Å². The molecule has 2 saturated carbocycles. The molecule has 0 unspecified atom stereocenters. The fourth-order valence-corrected chi connectivity index (χ4v) is 6.37. The molecule has 3 aromatic heterocycles. The molecule has 2 fully saturated rings. The van der Waals surface area contributed by atoms with E-state index in [4.69, 9.17) is 0 Å². The number of hydrogen-bond acceptors (Lipinski definition) is 5. The Morgan fingerprint density at radius 1 is 1.24 bits per heavy atom. The molecule has 196 valence electrons. The van der Waals surface area contributed by atoms with Crippen molar-refractivity contribution in [3.8, 4) is 5.69 Å². The molecule has 1 N–H and O–H groups in total. The SMILES string of the molecule is CC1CC(c2cccc(-n3cc(C4CC4)c4cc(CN(C)S(C)(=O)=O)[nH]c4c3=O)c2)(c2nncn2C)C1.[HH]. The number of fused-ring (bicyclic) bond motifs is 1. The predicted octanol–water partition coefficient (Wildman–Crippen LogP) is 3.68. The van der Waals surface area contributed by atoms with Crippen molar-refractivity contribution in [1.29, 1.82) is 0 Å². The Hall–Kier alpha value is -3.24. The van der Waals surface area contributed by atoms with E-state index in [1.165, 1.54) is 10.6 Å². The first-order valence-corrected chi connectivity index (χ1v) is 14.6. The van der Waals surface area contributed by atoms with Crippen LogP contribution in [0.25, 0.3) is 16.6 Å². The van der Waals surface area contributed by atoms with Crippen molar-refractivity contribution in [3.05, 3.63) is 75.9 Å². The van der Waals surface area contributed by atoms with E-state index >= 15 is 0 Å². The van der Waals surface area contributed by atoms with E-state index in [1.807, 2.05) is 36.0 Å². The van der Waals surface area contributed by atoms with Gasteiger partial charge in [0.25, 0.3) is 5.56 Å². The molecule has 3 heterocycles. The molecule has 0 amide bonds. The van der Waals surface area contributed by atoms with Crippen LogP contribution in [0.15, 0.2) is 47.7 Å². The van der Waals surface area contributed by atoms with Crippen molar-refractivity contribution in [2.45, 2.75) is 50.5 Å². The van der Waals surface area contributed by atoms with Gasteiger partial charge >= 0.3 is 0 Å². The molecular weight excluding hydrogens is 488 g/mol. The first-order valence-electron chi connectivity index (χ1n) is 12.7. The maximum atomic E-state index is 13.8. The lowest BCUT2D eigenvalue weighted by molar-refractivity contribution is 0.185. The number of nitrogens with one attached hydrogen (secondary N) is 1. The van der Waals surface area contributed by atoms with Gasteiger partial charge in [-0.3, -0.25) is 9.36 Å². The van der Waals surface area contributed by atoms with Crippen molar-refractivity contribution in [2.24, 2.45) is 13.0 Å². The maximum absolute atomic E-state index is 13.8. The van der Waals surface area contributed by atoms with Crippen LogP contribution in [0.2, 0.25) is 0 Å². The molecular formula is C27H34N6O3S. The molecule has 0 bridgehead atoms. The van der Waals surface area contributed by atoms with Gasteiger partial charge in [-0.1, -0.05) is 19.1 Å². The summed E-state index contributed by atoms with van der Waals surface area (Å²) >= 11 is 0. The van der Waals surface area contributed by atoms with Crippen LogP contribution in [-0.2, 0) is 29.0 Å². The van der Waals surface area contributed by atoms with Crippen LogP contribution < -0.4 is 5.56 Å². The lowest BCUT2D eigenvalue weighted by atomic mass is 9.58. The van der Waals surface area contributed by atoms with Crippen LogP contribution >= 0.6 is 0 Å². The molecule has 0 aliphatic heterocycles. The molecule has 6 rings (SSSR count). The smallest absolute Gasteiger partial charge is 0.279 e. The molecule has 0 radical (unpaired) electrons. The van der Waals surface area contributed by atoms with Gasteiger partial charge in [0.15, 0.2) is 0 Å². The zero-order chi connectivity index (χ0) is 26.1. The number of sulfonamides is 1. The normalized spacial score (nSPS) is 22.0. The van der Waals surface area contributed by atoms with Crippen LogP contribution in [0.4, 0.5) is 0 Å². The Kier molecular flexibility index (Phi) is 5.47. The Bertz CT molecular complexity index is 1680. The Balaban J connectivity index is 0.00000294. The number of nitrogens with zero attached hydrogens (tertiary/aromatic N) is 5. The maximum Gasteiger partial charge on any atom is 0.279 e. The minimum Gasteiger partial charge on any atom is -0.353 e. The molecule has 0 spiro atoms. The molecule has 1 aromatic carbocycles. The van der Waals surface area contributed by atoms with Gasteiger partial charge in [0.1, 0.15) is 17.7 Å². The van der Waals surface area contributed by atoms with Crippen LogP contribution in [0.5, 0.6) is 0 Å². The number of hydrogen-bond donors (Lipinski definition) is 1. The highest BCUT2D eigenvalue weighted by atomic mass is 32.2. The van der Waals surface area contributed by atoms with Gasteiger partial charge in [-0.15, -0.1) is 10.2 Å². The average Bonchev–Trinajstić information content (AvgIpc) is 3.44. The van der Waals surface area contributed by atoms with Crippen LogP contribution in [0.1, 0.15) is 62.6 Å². The van der Waals surface area contributed by atoms with Gasteiger partial charge < -0.3 is 9.55 Å². The number of pyridine rings is 1. The van der Waals surface area contributed by atoms with E-state index in [0.717, 1.165) is 53.7 Å². The first kappa shape index (κ1) is 24.1. The van der Waals surface area contributed by atoms with Crippen molar-refractivity contribution >= 4 is 20.9 Å². The third-order valence-corrected chi connectivity index (χ3v) is 9.33. The Morgan fingerprint density at radius 3 is 2.62 bits per heavy atom. The summed E-state index contributed by atoms with van der Waals surface area (Å²) in [4.78, 5) is 17.0. The monoisotopic (exact) mass is 522 g/mol. The summed E-state index contributed by atoms with van der Waals surface area (Å²) in [6, 6.07) is 10.2. The van der Waals surface area contributed by atoms with Gasteiger partial charge in [-0.05, 0) is 66.8 Å². The van der Waals surface area contributed by atoms with Gasteiger partial charge in [-0.2, -0.15) is 4.31 Å². The minimum absolute atomic E-state index is 0. The molecule has 2 aliphatic rings. The molecule has 0 saturated heterocycles. The summed E-state index contributed by atoms with van der Waals surface area (Å²) in [7, 11) is 0.186. The van der Waals surface area contributed by atoms with E-state index < -0.39 is 10.0 Å². The number of aromatic amines is 1. The van der Waals surface area contributed by atoms with Crippen molar-refractivity contribution in [2.75, 3.05) is 13.3 Å². The third kappa shape index (κ3) is 4.02. The van der Waals surface area contributed by atoms with Crippen molar-refractivity contribution in [1.82, 2.24) is 28.6 Å². The highest BCUT2D eigenvalue weighted by Crippen LogP contribution is 2.51. The molecule has 9 nitrogen and oxygen atoms in total. The molecule has 4 aromatic rings. The highest BCUT2D eigenvalue weighted by Gasteiger charge is 2.48. The van der Waals surface area contributed by atoms with Gasteiger partial charge in [0.2, 0.25) is 10.0 Å². The van der Waals surface area contributed by atoms with Crippen LogP contribution in [-0.4, -0.2) is 50.3 Å². The van der Waals surface area contributed by atoms with Crippen LogP contribution in [0, 0.1) is 5.92 Å².